The standard InChI is InChI=1S/C10H9ClN2/c11-10-4-3-8(2-1-5-12)9(6-10)7-13/h1-4,6H,5,12H2. The van der Waals surface area contributed by atoms with Gasteiger partial charge in [-0.1, -0.05) is 29.8 Å². The molecule has 0 aliphatic carbocycles. The first-order chi connectivity index (χ1) is 6.27. The molecule has 0 saturated heterocycles. The molecule has 3 heteroatoms. The maximum absolute atomic E-state index is 8.77. The molecule has 0 bridgehead atoms. The lowest BCUT2D eigenvalue weighted by Crippen LogP contribution is -1.92. The van der Waals surface area contributed by atoms with E-state index < -0.39 is 0 Å². The van der Waals surface area contributed by atoms with Crippen LogP contribution in [0.2, 0.25) is 5.02 Å². The summed E-state index contributed by atoms with van der Waals surface area (Å²) in [6.07, 6.45) is 3.61. The van der Waals surface area contributed by atoms with Crippen molar-refractivity contribution in [2.75, 3.05) is 6.54 Å². The molecule has 0 atom stereocenters. The van der Waals surface area contributed by atoms with E-state index in [-0.39, 0.29) is 0 Å². The summed E-state index contributed by atoms with van der Waals surface area (Å²) in [6, 6.07) is 7.25. The summed E-state index contributed by atoms with van der Waals surface area (Å²) in [7, 11) is 0. The zero-order valence-corrected chi connectivity index (χ0v) is 7.75. The van der Waals surface area contributed by atoms with Crippen LogP contribution in [0.15, 0.2) is 24.3 Å². The first kappa shape index (κ1) is 9.79. The molecule has 0 unspecified atom stereocenters. The number of hydrogen-bond donors (Lipinski definition) is 1. The van der Waals surface area contributed by atoms with Crippen molar-refractivity contribution in [3.63, 3.8) is 0 Å². The molecule has 0 radical (unpaired) electrons. The van der Waals surface area contributed by atoms with E-state index in [0.29, 0.717) is 17.1 Å². The van der Waals surface area contributed by atoms with E-state index in [1.54, 1.807) is 24.3 Å². The van der Waals surface area contributed by atoms with Crippen LogP contribution < -0.4 is 5.73 Å². The Morgan fingerprint density at radius 1 is 1.54 bits per heavy atom. The van der Waals surface area contributed by atoms with E-state index >= 15 is 0 Å². The number of rotatable bonds is 2. The lowest BCUT2D eigenvalue weighted by Gasteiger charge is -1.97. The van der Waals surface area contributed by atoms with E-state index in [4.69, 9.17) is 22.6 Å². The number of hydrogen-bond acceptors (Lipinski definition) is 2. The molecule has 1 aromatic rings. The summed E-state index contributed by atoms with van der Waals surface area (Å²) in [5.41, 5.74) is 6.71. The average molecular weight is 193 g/mol. The highest BCUT2D eigenvalue weighted by Crippen LogP contribution is 2.16. The summed E-state index contributed by atoms with van der Waals surface area (Å²) in [6.45, 7) is 0.466. The van der Waals surface area contributed by atoms with E-state index in [2.05, 4.69) is 6.07 Å². The molecular formula is C10H9ClN2. The topological polar surface area (TPSA) is 49.8 Å². The molecule has 0 aliphatic heterocycles. The van der Waals surface area contributed by atoms with Gasteiger partial charge in [0.2, 0.25) is 0 Å². The van der Waals surface area contributed by atoms with Crippen molar-refractivity contribution >= 4 is 17.7 Å². The number of nitriles is 1. The van der Waals surface area contributed by atoms with Crippen LogP contribution in [0.1, 0.15) is 11.1 Å². The van der Waals surface area contributed by atoms with Gasteiger partial charge >= 0.3 is 0 Å². The Hall–Kier alpha value is -1.30. The molecule has 0 spiro atoms. The summed E-state index contributed by atoms with van der Waals surface area (Å²) < 4.78 is 0. The van der Waals surface area contributed by atoms with Gasteiger partial charge in [0.25, 0.3) is 0 Å². The van der Waals surface area contributed by atoms with Crippen LogP contribution >= 0.6 is 11.6 Å². The van der Waals surface area contributed by atoms with Gasteiger partial charge < -0.3 is 5.73 Å². The highest BCUT2D eigenvalue weighted by Gasteiger charge is 1.98. The minimum atomic E-state index is 0.466. The highest BCUT2D eigenvalue weighted by molar-refractivity contribution is 6.30. The van der Waals surface area contributed by atoms with Crippen molar-refractivity contribution in [3.05, 3.63) is 40.4 Å². The first-order valence-electron chi connectivity index (χ1n) is 3.84. The monoisotopic (exact) mass is 192 g/mol. The fraction of sp³-hybridized carbons (Fsp3) is 0.100. The zero-order valence-electron chi connectivity index (χ0n) is 7.00. The van der Waals surface area contributed by atoms with Crippen molar-refractivity contribution in [1.29, 1.82) is 5.26 Å². The summed E-state index contributed by atoms with van der Waals surface area (Å²) >= 11 is 5.73. The maximum atomic E-state index is 8.77. The smallest absolute Gasteiger partial charge is 0.0998 e. The fourth-order valence-corrected chi connectivity index (χ4v) is 1.14. The molecule has 1 rings (SSSR count). The van der Waals surface area contributed by atoms with Crippen LogP contribution in [0.5, 0.6) is 0 Å². The third-order valence-corrected chi connectivity index (χ3v) is 1.80. The maximum Gasteiger partial charge on any atom is 0.0998 e. The van der Waals surface area contributed by atoms with Crippen molar-refractivity contribution in [1.82, 2.24) is 0 Å². The molecule has 2 N–H and O–H groups in total. The fourth-order valence-electron chi connectivity index (χ4n) is 0.966. The molecule has 0 aromatic heterocycles. The lowest BCUT2D eigenvalue weighted by molar-refractivity contribution is 1.26. The Labute approximate surface area is 82.2 Å². The second-order valence-electron chi connectivity index (χ2n) is 2.48. The largest absolute Gasteiger partial charge is 0.327 e. The van der Waals surface area contributed by atoms with Gasteiger partial charge in [-0.25, -0.2) is 0 Å². The van der Waals surface area contributed by atoms with Crippen LogP contribution in [-0.4, -0.2) is 6.54 Å². The van der Waals surface area contributed by atoms with Gasteiger partial charge in [0.1, 0.15) is 0 Å². The number of nitrogens with two attached hydrogens (primary N) is 1. The second-order valence-corrected chi connectivity index (χ2v) is 2.92. The predicted octanol–water partition coefficient (Wildman–Crippen LogP) is 2.18. The van der Waals surface area contributed by atoms with Crippen LogP contribution in [0.3, 0.4) is 0 Å². The first-order valence-corrected chi connectivity index (χ1v) is 4.22. The third-order valence-electron chi connectivity index (χ3n) is 1.57. The van der Waals surface area contributed by atoms with Gasteiger partial charge in [0, 0.05) is 11.6 Å². The van der Waals surface area contributed by atoms with E-state index in [1.165, 1.54) is 0 Å². The van der Waals surface area contributed by atoms with Crippen molar-refractivity contribution in [2.45, 2.75) is 0 Å². The number of halogens is 1. The molecule has 0 saturated carbocycles. The van der Waals surface area contributed by atoms with E-state index in [0.717, 1.165) is 5.56 Å². The van der Waals surface area contributed by atoms with Crippen LogP contribution in [0.4, 0.5) is 0 Å². The Balaban J connectivity index is 3.08. The SMILES string of the molecule is N#Cc1cc(Cl)ccc1C=CCN. The Kier molecular flexibility index (Phi) is 3.51. The molecule has 0 heterocycles. The normalized spacial score (nSPS) is 10.2. The van der Waals surface area contributed by atoms with Gasteiger partial charge in [0.05, 0.1) is 11.6 Å². The highest BCUT2D eigenvalue weighted by atomic mass is 35.5. The molecule has 0 amide bonds. The van der Waals surface area contributed by atoms with Crippen LogP contribution in [-0.2, 0) is 0 Å². The van der Waals surface area contributed by atoms with Gasteiger partial charge in [-0.05, 0) is 17.7 Å². The van der Waals surface area contributed by atoms with E-state index in [9.17, 15) is 0 Å². The summed E-state index contributed by atoms with van der Waals surface area (Å²) in [5, 5.41) is 9.34. The second kappa shape index (κ2) is 4.66. The van der Waals surface area contributed by atoms with Gasteiger partial charge in [-0.2, -0.15) is 5.26 Å². The Morgan fingerprint density at radius 2 is 2.31 bits per heavy atom. The Morgan fingerprint density at radius 3 is 2.92 bits per heavy atom. The molecule has 0 fully saturated rings. The molecule has 13 heavy (non-hydrogen) atoms. The zero-order chi connectivity index (χ0) is 9.68. The van der Waals surface area contributed by atoms with Gasteiger partial charge in [-0.3, -0.25) is 0 Å². The van der Waals surface area contributed by atoms with Crippen LogP contribution in [0, 0.1) is 11.3 Å². The average Bonchev–Trinajstić information content (AvgIpc) is 2.16. The van der Waals surface area contributed by atoms with Crippen molar-refractivity contribution in [3.8, 4) is 6.07 Å². The molecule has 1 aromatic carbocycles. The lowest BCUT2D eigenvalue weighted by atomic mass is 10.1. The summed E-state index contributed by atoms with van der Waals surface area (Å²) in [4.78, 5) is 0. The molecule has 0 aliphatic rings. The number of benzene rings is 1. The quantitative estimate of drug-likeness (QED) is 0.781. The van der Waals surface area contributed by atoms with E-state index in [1.807, 2.05) is 6.08 Å². The molecule has 66 valence electrons. The Bertz CT molecular complexity index is 364. The predicted molar refractivity (Wildman–Crippen MR) is 54.3 cm³/mol. The van der Waals surface area contributed by atoms with Gasteiger partial charge in [0.15, 0.2) is 0 Å². The number of nitrogens with zero attached hydrogens (tertiary/aromatic N) is 1. The van der Waals surface area contributed by atoms with Gasteiger partial charge in [-0.15, -0.1) is 0 Å². The minimum Gasteiger partial charge on any atom is -0.327 e. The summed E-state index contributed by atoms with van der Waals surface area (Å²) in [5.74, 6) is 0. The molecular weight excluding hydrogens is 184 g/mol. The third kappa shape index (κ3) is 2.59. The van der Waals surface area contributed by atoms with Crippen molar-refractivity contribution in [2.24, 2.45) is 5.73 Å². The minimum absolute atomic E-state index is 0.466. The van der Waals surface area contributed by atoms with Crippen molar-refractivity contribution < 1.29 is 0 Å². The van der Waals surface area contributed by atoms with Crippen LogP contribution in [0.25, 0.3) is 6.08 Å². The molecule has 2 nitrogen and oxygen atoms in total.